The van der Waals surface area contributed by atoms with E-state index >= 15 is 0 Å². The first kappa shape index (κ1) is 17.2. The summed E-state index contributed by atoms with van der Waals surface area (Å²) in [4.78, 5) is 31.5. The molecule has 0 aliphatic carbocycles. The largest absolute Gasteiger partial charge is 0.378 e. The van der Waals surface area contributed by atoms with Crippen molar-refractivity contribution < 1.29 is 14.3 Å². The van der Waals surface area contributed by atoms with Crippen LogP contribution in [0.15, 0.2) is 59.6 Å². The molecule has 0 aromatic heterocycles. The van der Waals surface area contributed by atoms with Gasteiger partial charge in [-0.1, -0.05) is 48.5 Å². The average molecular weight is 364 g/mol. The van der Waals surface area contributed by atoms with Crippen molar-refractivity contribution >= 4 is 23.3 Å². The Kier molecular flexibility index (Phi) is 4.84. The molecule has 0 bridgehead atoms. The third-order valence-corrected chi connectivity index (χ3v) is 4.55. The maximum atomic E-state index is 12.7. The smallest absolute Gasteiger partial charge is 0.319 e. The van der Waals surface area contributed by atoms with Crippen LogP contribution in [0.3, 0.4) is 0 Å². The van der Waals surface area contributed by atoms with Gasteiger partial charge in [0.05, 0.1) is 24.6 Å². The van der Waals surface area contributed by atoms with Crippen LogP contribution in [-0.4, -0.2) is 55.0 Å². The van der Waals surface area contributed by atoms with E-state index in [1.165, 1.54) is 0 Å². The predicted molar refractivity (Wildman–Crippen MR) is 102 cm³/mol. The van der Waals surface area contributed by atoms with Crippen molar-refractivity contribution in [1.82, 2.24) is 10.2 Å². The summed E-state index contributed by atoms with van der Waals surface area (Å²) in [7, 11) is 0. The summed E-state index contributed by atoms with van der Waals surface area (Å²) in [5.74, 6) is -0.366. The molecule has 2 N–H and O–H groups in total. The minimum absolute atomic E-state index is 0.319. The Morgan fingerprint density at radius 2 is 1.78 bits per heavy atom. The van der Waals surface area contributed by atoms with Crippen molar-refractivity contribution in [2.45, 2.75) is 6.17 Å². The number of nitrogens with one attached hydrogen (secondary N) is 2. The number of carbonyl (C=O) groups is 2. The van der Waals surface area contributed by atoms with Crippen LogP contribution in [0.5, 0.6) is 0 Å². The lowest BCUT2D eigenvalue weighted by atomic mass is 10.0. The van der Waals surface area contributed by atoms with Crippen molar-refractivity contribution in [3.05, 3.63) is 65.7 Å². The molecule has 0 spiro atoms. The maximum Gasteiger partial charge on any atom is 0.319 e. The van der Waals surface area contributed by atoms with Crippen molar-refractivity contribution in [2.75, 3.05) is 31.6 Å². The number of rotatable bonds is 2. The van der Waals surface area contributed by atoms with E-state index < -0.39 is 6.17 Å². The van der Waals surface area contributed by atoms with Gasteiger partial charge in [-0.25, -0.2) is 9.79 Å². The lowest BCUT2D eigenvalue weighted by molar-refractivity contribution is -0.117. The van der Waals surface area contributed by atoms with Crippen LogP contribution in [0.25, 0.3) is 0 Å². The Hall–Kier alpha value is -3.19. The molecule has 2 aliphatic rings. The molecule has 2 aromatic rings. The Morgan fingerprint density at radius 3 is 2.56 bits per heavy atom. The fourth-order valence-electron chi connectivity index (χ4n) is 3.16. The number of morpholine rings is 1. The number of urea groups is 1. The number of nitrogens with zero attached hydrogens (tertiary/aromatic N) is 2. The van der Waals surface area contributed by atoms with Gasteiger partial charge >= 0.3 is 6.03 Å². The van der Waals surface area contributed by atoms with Crippen LogP contribution in [-0.2, 0) is 9.53 Å². The number of anilines is 1. The first-order chi connectivity index (χ1) is 13.2. The van der Waals surface area contributed by atoms with E-state index in [0.29, 0.717) is 37.7 Å². The molecule has 2 aromatic carbocycles. The van der Waals surface area contributed by atoms with Gasteiger partial charge in [0.2, 0.25) is 6.17 Å². The van der Waals surface area contributed by atoms with Crippen LogP contribution in [0, 0.1) is 0 Å². The van der Waals surface area contributed by atoms with Crippen molar-refractivity contribution in [1.29, 1.82) is 0 Å². The van der Waals surface area contributed by atoms with Gasteiger partial charge in [0.1, 0.15) is 0 Å². The Balaban J connectivity index is 1.68. The molecule has 2 heterocycles. The molecule has 27 heavy (non-hydrogen) atoms. The van der Waals surface area contributed by atoms with E-state index in [1.54, 1.807) is 4.90 Å². The van der Waals surface area contributed by atoms with E-state index in [9.17, 15) is 9.59 Å². The molecule has 0 saturated carbocycles. The maximum absolute atomic E-state index is 12.7. The number of benzene rings is 2. The summed E-state index contributed by atoms with van der Waals surface area (Å²) in [6, 6.07) is 16.8. The van der Waals surface area contributed by atoms with Crippen LogP contribution < -0.4 is 10.6 Å². The topological polar surface area (TPSA) is 83.0 Å². The SMILES string of the molecule is O=C1Nc2ccccc2C(c2ccccc2)=NC1NC(=O)N1CCOCC1. The molecule has 2 aliphatic heterocycles. The second-order valence-electron chi connectivity index (χ2n) is 6.33. The van der Waals surface area contributed by atoms with Crippen LogP contribution in [0.2, 0.25) is 0 Å². The first-order valence-electron chi connectivity index (χ1n) is 8.89. The standard InChI is InChI=1S/C20H20N4O3/c25-19-18(23-20(26)24-10-12-27-13-11-24)22-17(14-6-2-1-3-7-14)15-8-4-5-9-16(15)21-19/h1-9,18H,10-13H2,(H,21,25)(H,23,26). The highest BCUT2D eigenvalue weighted by Crippen LogP contribution is 2.23. The first-order valence-corrected chi connectivity index (χ1v) is 8.89. The third-order valence-electron chi connectivity index (χ3n) is 4.55. The molecule has 7 heteroatoms. The highest BCUT2D eigenvalue weighted by atomic mass is 16.5. The third kappa shape index (κ3) is 3.68. The van der Waals surface area contributed by atoms with E-state index in [-0.39, 0.29) is 11.9 Å². The second-order valence-corrected chi connectivity index (χ2v) is 6.33. The summed E-state index contributed by atoms with van der Waals surface area (Å²) in [5.41, 5.74) is 3.04. The summed E-state index contributed by atoms with van der Waals surface area (Å²) in [6.45, 7) is 1.98. The lowest BCUT2D eigenvalue weighted by Crippen LogP contribution is -2.51. The number of hydrogen-bond donors (Lipinski definition) is 2. The minimum atomic E-state index is -1.01. The van der Waals surface area contributed by atoms with Gasteiger partial charge in [-0.15, -0.1) is 0 Å². The van der Waals surface area contributed by atoms with Gasteiger partial charge in [-0.2, -0.15) is 0 Å². The molecule has 138 valence electrons. The van der Waals surface area contributed by atoms with E-state index in [0.717, 1.165) is 11.1 Å². The second kappa shape index (κ2) is 7.59. The van der Waals surface area contributed by atoms with E-state index in [4.69, 9.17) is 4.74 Å². The number of aliphatic imine (C=N–C) groups is 1. The molecule has 1 atom stereocenters. The number of amides is 3. The Morgan fingerprint density at radius 1 is 1.07 bits per heavy atom. The van der Waals surface area contributed by atoms with Gasteiger partial charge in [0, 0.05) is 24.2 Å². The van der Waals surface area contributed by atoms with E-state index in [1.807, 2.05) is 54.6 Å². The minimum Gasteiger partial charge on any atom is -0.378 e. The number of ether oxygens (including phenoxy) is 1. The lowest BCUT2D eigenvalue weighted by Gasteiger charge is -2.28. The van der Waals surface area contributed by atoms with E-state index in [2.05, 4.69) is 15.6 Å². The average Bonchev–Trinajstić information content (AvgIpc) is 2.86. The summed E-state index contributed by atoms with van der Waals surface area (Å²) in [6.07, 6.45) is -1.01. The molecule has 7 nitrogen and oxygen atoms in total. The normalized spacial score (nSPS) is 19.4. The summed E-state index contributed by atoms with van der Waals surface area (Å²) in [5, 5.41) is 5.61. The molecule has 1 fully saturated rings. The molecule has 0 radical (unpaired) electrons. The zero-order valence-corrected chi connectivity index (χ0v) is 14.7. The monoisotopic (exact) mass is 364 g/mol. The number of para-hydroxylation sites is 1. The molecular formula is C20H20N4O3. The van der Waals surface area contributed by atoms with Gasteiger partial charge in [0.15, 0.2) is 0 Å². The van der Waals surface area contributed by atoms with Crippen LogP contribution >= 0.6 is 0 Å². The number of hydrogen-bond acceptors (Lipinski definition) is 4. The number of fused-ring (bicyclic) bond motifs is 1. The highest BCUT2D eigenvalue weighted by Gasteiger charge is 2.28. The summed E-state index contributed by atoms with van der Waals surface area (Å²) < 4.78 is 5.27. The number of carbonyl (C=O) groups excluding carboxylic acids is 2. The van der Waals surface area contributed by atoms with Crippen LogP contribution in [0.1, 0.15) is 11.1 Å². The quantitative estimate of drug-likeness (QED) is 0.853. The molecule has 4 rings (SSSR count). The Bertz CT molecular complexity index is 876. The van der Waals surface area contributed by atoms with Gasteiger partial charge in [0.25, 0.3) is 5.91 Å². The molecular weight excluding hydrogens is 344 g/mol. The number of benzodiazepines with no additional fused rings is 1. The van der Waals surface area contributed by atoms with Gasteiger partial charge in [-0.05, 0) is 6.07 Å². The zero-order valence-electron chi connectivity index (χ0n) is 14.7. The van der Waals surface area contributed by atoms with Crippen LogP contribution in [0.4, 0.5) is 10.5 Å². The molecule has 1 saturated heterocycles. The van der Waals surface area contributed by atoms with Crippen molar-refractivity contribution in [3.63, 3.8) is 0 Å². The zero-order chi connectivity index (χ0) is 18.6. The van der Waals surface area contributed by atoms with Gasteiger partial charge < -0.3 is 20.3 Å². The molecule has 3 amide bonds. The van der Waals surface area contributed by atoms with Gasteiger partial charge in [-0.3, -0.25) is 4.79 Å². The molecule has 1 unspecified atom stereocenters. The fourth-order valence-corrected chi connectivity index (χ4v) is 3.16. The summed E-state index contributed by atoms with van der Waals surface area (Å²) >= 11 is 0. The van der Waals surface area contributed by atoms with Crippen molar-refractivity contribution in [3.8, 4) is 0 Å². The highest BCUT2D eigenvalue weighted by molar-refractivity contribution is 6.19. The predicted octanol–water partition coefficient (Wildman–Crippen LogP) is 1.84. The fraction of sp³-hybridized carbons (Fsp3) is 0.250. The van der Waals surface area contributed by atoms with Crippen molar-refractivity contribution in [2.24, 2.45) is 4.99 Å². The Labute approximate surface area is 157 Å².